The number of carbonyl (C=O) groups is 1. The molecule has 0 aromatic carbocycles. The van der Waals surface area contributed by atoms with Crippen molar-refractivity contribution in [3.05, 3.63) is 15.9 Å². The molecule has 0 unspecified atom stereocenters. The van der Waals surface area contributed by atoms with E-state index in [4.69, 9.17) is 0 Å². The van der Waals surface area contributed by atoms with Crippen LogP contribution in [-0.4, -0.2) is 38.3 Å². The maximum absolute atomic E-state index is 12.1. The number of sulfonamides is 1. The first-order valence-corrected chi connectivity index (χ1v) is 8.29. The maximum atomic E-state index is 12.1. The second kappa shape index (κ2) is 6.14. The third-order valence-corrected chi connectivity index (χ3v) is 5.92. The van der Waals surface area contributed by atoms with Gasteiger partial charge in [0.15, 0.2) is 0 Å². The Morgan fingerprint density at radius 2 is 2.11 bits per heavy atom. The summed E-state index contributed by atoms with van der Waals surface area (Å²) in [6.07, 6.45) is 0. The van der Waals surface area contributed by atoms with E-state index in [1.807, 2.05) is 13.8 Å². The molecule has 18 heavy (non-hydrogen) atoms. The zero-order valence-corrected chi connectivity index (χ0v) is 13.5. The minimum Gasteiger partial charge on any atom is -0.353 e. The Labute approximate surface area is 119 Å². The van der Waals surface area contributed by atoms with Crippen LogP contribution >= 0.6 is 27.3 Å². The van der Waals surface area contributed by atoms with Crippen molar-refractivity contribution in [1.82, 2.24) is 9.62 Å². The van der Waals surface area contributed by atoms with Gasteiger partial charge < -0.3 is 5.32 Å². The Hall–Kier alpha value is -0.440. The van der Waals surface area contributed by atoms with E-state index in [1.54, 1.807) is 6.07 Å². The number of likely N-dealkylation sites (N-methyl/N-ethyl adjacent to an activating group) is 1. The van der Waals surface area contributed by atoms with Crippen LogP contribution in [0.2, 0.25) is 0 Å². The minimum absolute atomic E-state index is 0.00973. The van der Waals surface area contributed by atoms with E-state index in [0.29, 0.717) is 0 Å². The van der Waals surface area contributed by atoms with Crippen LogP contribution in [0.3, 0.4) is 0 Å². The van der Waals surface area contributed by atoms with E-state index in [9.17, 15) is 13.2 Å². The van der Waals surface area contributed by atoms with E-state index < -0.39 is 10.0 Å². The highest BCUT2D eigenvalue weighted by atomic mass is 79.9. The van der Waals surface area contributed by atoms with E-state index in [0.717, 1.165) is 19.4 Å². The van der Waals surface area contributed by atoms with Gasteiger partial charge in [-0.1, -0.05) is 0 Å². The van der Waals surface area contributed by atoms with E-state index in [1.165, 1.54) is 13.1 Å². The number of amides is 1. The quantitative estimate of drug-likeness (QED) is 0.874. The van der Waals surface area contributed by atoms with Gasteiger partial charge in [-0.05, 0) is 41.9 Å². The lowest BCUT2D eigenvalue weighted by Gasteiger charge is -2.16. The molecule has 0 fully saturated rings. The first-order chi connectivity index (χ1) is 8.23. The normalized spacial score (nSPS) is 12.1. The zero-order chi connectivity index (χ0) is 13.9. The molecular weight excluding hydrogens is 340 g/mol. The van der Waals surface area contributed by atoms with Gasteiger partial charge in [-0.2, -0.15) is 4.31 Å². The predicted molar refractivity (Wildman–Crippen MR) is 75.1 cm³/mol. The second-order valence-corrected chi connectivity index (χ2v) is 8.78. The first kappa shape index (κ1) is 15.6. The SMILES string of the molecule is CC(C)NC(=O)CN(C)S(=O)(=O)c1ccc(Br)s1. The molecule has 1 heterocycles. The summed E-state index contributed by atoms with van der Waals surface area (Å²) in [7, 11) is -2.20. The molecule has 1 aromatic rings. The van der Waals surface area contributed by atoms with E-state index >= 15 is 0 Å². The molecule has 0 radical (unpaired) electrons. The Bertz CT molecular complexity index is 525. The van der Waals surface area contributed by atoms with Gasteiger partial charge in [-0.25, -0.2) is 8.42 Å². The number of rotatable bonds is 5. The number of nitrogens with zero attached hydrogens (tertiary/aromatic N) is 1. The van der Waals surface area contributed by atoms with E-state index in [-0.39, 0.29) is 22.7 Å². The van der Waals surface area contributed by atoms with Crippen molar-refractivity contribution in [1.29, 1.82) is 0 Å². The monoisotopic (exact) mass is 354 g/mol. The van der Waals surface area contributed by atoms with Crippen molar-refractivity contribution >= 4 is 43.2 Å². The molecule has 0 bridgehead atoms. The Kier molecular flexibility index (Phi) is 5.32. The Morgan fingerprint density at radius 1 is 1.50 bits per heavy atom. The standard InChI is InChI=1S/C10H15BrN2O3S2/c1-7(2)12-9(14)6-13(3)18(15,16)10-5-4-8(11)17-10/h4-5,7H,6H2,1-3H3,(H,12,14). The fourth-order valence-electron chi connectivity index (χ4n) is 1.24. The van der Waals surface area contributed by atoms with Crippen molar-refractivity contribution in [3.63, 3.8) is 0 Å². The van der Waals surface area contributed by atoms with Crippen LogP contribution in [0.5, 0.6) is 0 Å². The van der Waals surface area contributed by atoms with Crippen LogP contribution in [-0.2, 0) is 14.8 Å². The fourth-order valence-corrected chi connectivity index (χ4v) is 4.59. The summed E-state index contributed by atoms with van der Waals surface area (Å²) in [6, 6.07) is 3.17. The third-order valence-electron chi connectivity index (χ3n) is 2.03. The molecule has 0 spiro atoms. The molecule has 1 aromatic heterocycles. The van der Waals surface area contributed by atoms with Crippen molar-refractivity contribution in [2.45, 2.75) is 24.1 Å². The molecule has 5 nitrogen and oxygen atoms in total. The molecule has 102 valence electrons. The largest absolute Gasteiger partial charge is 0.353 e. The van der Waals surface area contributed by atoms with Gasteiger partial charge in [0.25, 0.3) is 10.0 Å². The molecule has 0 atom stereocenters. The third kappa shape index (κ3) is 4.04. The molecule has 1 rings (SSSR count). The van der Waals surface area contributed by atoms with E-state index in [2.05, 4.69) is 21.2 Å². The summed E-state index contributed by atoms with van der Waals surface area (Å²) in [5.41, 5.74) is 0. The van der Waals surface area contributed by atoms with Crippen molar-refractivity contribution in [2.75, 3.05) is 13.6 Å². The van der Waals surface area contributed by atoms with Gasteiger partial charge in [-0.15, -0.1) is 11.3 Å². The molecule has 1 amide bonds. The summed E-state index contributed by atoms with van der Waals surface area (Å²) in [4.78, 5) is 11.5. The van der Waals surface area contributed by atoms with Gasteiger partial charge in [0.1, 0.15) is 4.21 Å². The molecule has 1 N–H and O–H groups in total. The summed E-state index contributed by atoms with van der Waals surface area (Å²) in [6.45, 7) is 3.46. The summed E-state index contributed by atoms with van der Waals surface area (Å²) < 4.78 is 26.2. The number of hydrogen-bond acceptors (Lipinski definition) is 4. The first-order valence-electron chi connectivity index (χ1n) is 5.24. The average Bonchev–Trinajstić information content (AvgIpc) is 2.63. The van der Waals surface area contributed by atoms with Crippen LogP contribution in [0.15, 0.2) is 20.1 Å². The van der Waals surface area contributed by atoms with Crippen LogP contribution in [0.25, 0.3) is 0 Å². The number of nitrogens with one attached hydrogen (secondary N) is 1. The van der Waals surface area contributed by atoms with Gasteiger partial charge in [-0.3, -0.25) is 4.79 Å². The Balaban J connectivity index is 2.77. The lowest BCUT2D eigenvalue weighted by atomic mass is 10.4. The Morgan fingerprint density at radius 3 is 2.56 bits per heavy atom. The van der Waals surface area contributed by atoms with Crippen LogP contribution < -0.4 is 5.32 Å². The predicted octanol–water partition coefficient (Wildman–Crippen LogP) is 1.66. The number of halogens is 1. The highest BCUT2D eigenvalue weighted by molar-refractivity contribution is 9.11. The number of thiophene rings is 1. The molecule has 0 aliphatic heterocycles. The summed E-state index contributed by atoms with van der Waals surface area (Å²) >= 11 is 4.33. The summed E-state index contributed by atoms with van der Waals surface area (Å²) in [5, 5.41) is 2.65. The molecule has 8 heteroatoms. The second-order valence-electron chi connectivity index (χ2n) is 4.04. The molecule has 0 saturated carbocycles. The van der Waals surface area contributed by atoms with Crippen molar-refractivity contribution in [2.24, 2.45) is 0 Å². The van der Waals surface area contributed by atoms with Crippen LogP contribution in [0.1, 0.15) is 13.8 Å². The smallest absolute Gasteiger partial charge is 0.252 e. The molecule has 0 saturated heterocycles. The highest BCUT2D eigenvalue weighted by Gasteiger charge is 2.24. The molecular formula is C10H15BrN2O3S2. The van der Waals surface area contributed by atoms with Gasteiger partial charge >= 0.3 is 0 Å². The van der Waals surface area contributed by atoms with Crippen LogP contribution in [0.4, 0.5) is 0 Å². The van der Waals surface area contributed by atoms with Gasteiger partial charge in [0.05, 0.1) is 10.3 Å². The molecule has 0 aliphatic carbocycles. The minimum atomic E-state index is -3.59. The number of hydrogen-bond donors (Lipinski definition) is 1. The summed E-state index contributed by atoms with van der Waals surface area (Å²) in [5.74, 6) is -0.313. The maximum Gasteiger partial charge on any atom is 0.252 e. The van der Waals surface area contributed by atoms with Gasteiger partial charge in [0.2, 0.25) is 5.91 Å². The van der Waals surface area contributed by atoms with Crippen molar-refractivity contribution in [3.8, 4) is 0 Å². The van der Waals surface area contributed by atoms with Gasteiger partial charge in [0, 0.05) is 13.1 Å². The van der Waals surface area contributed by atoms with Crippen molar-refractivity contribution < 1.29 is 13.2 Å². The molecule has 0 aliphatic rings. The highest BCUT2D eigenvalue weighted by Crippen LogP contribution is 2.27. The number of carbonyl (C=O) groups excluding carboxylic acids is 1. The zero-order valence-electron chi connectivity index (χ0n) is 10.3. The lowest BCUT2D eigenvalue weighted by molar-refractivity contribution is -0.121. The van der Waals surface area contributed by atoms with Crippen LogP contribution in [0, 0.1) is 0 Å². The lowest BCUT2D eigenvalue weighted by Crippen LogP contribution is -2.40. The topological polar surface area (TPSA) is 66.5 Å². The fraction of sp³-hybridized carbons (Fsp3) is 0.500. The average molecular weight is 355 g/mol.